The van der Waals surface area contributed by atoms with E-state index >= 15 is 0 Å². The lowest BCUT2D eigenvalue weighted by Crippen LogP contribution is -2.17. The lowest BCUT2D eigenvalue weighted by Gasteiger charge is -2.16. The Hall–Kier alpha value is -1.98. The van der Waals surface area contributed by atoms with Crippen LogP contribution in [0.1, 0.15) is 31.0 Å². The number of benzene rings is 1. The molecule has 1 aromatic heterocycles. The van der Waals surface area contributed by atoms with Gasteiger partial charge in [0.15, 0.2) is 0 Å². The number of halogens is 3. The highest BCUT2D eigenvalue weighted by Crippen LogP contribution is 2.34. The van der Waals surface area contributed by atoms with Crippen LogP contribution in [0.15, 0.2) is 18.2 Å². The molecule has 0 aliphatic heterocycles. The van der Waals surface area contributed by atoms with E-state index in [1.807, 2.05) is 20.8 Å². The monoisotopic (exact) mass is 284 g/mol. The molecule has 0 bridgehead atoms. The molecule has 1 aromatic carbocycles. The van der Waals surface area contributed by atoms with Gasteiger partial charge in [-0.25, -0.2) is 0 Å². The summed E-state index contributed by atoms with van der Waals surface area (Å²) in [5, 5.41) is 0.473. The zero-order valence-electron chi connectivity index (χ0n) is 11.4. The minimum Gasteiger partial charge on any atom is -0.406 e. The van der Waals surface area contributed by atoms with Crippen molar-refractivity contribution < 1.29 is 17.9 Å². The maximum Gasteiger partial charge on any atom is 0.573 e. The smallest absolute Gasteiger partial charge is 0.406 e. The number of aromatic nitrogens is 1. The van der Waals surface area contributed by atoms with Crippen LogP contribution in [-0.2, 0) is 0 Å². The first-order chi connectivity index (χ1) is 9.19. The van der Waals surface area contributed by atoms with Gasteiger partial charge < -0.3 is 10.5 Å². The number of aryl methyl sites for hydroxylation is 1. The van der Waals surface area contributed by atoms with Crippen LogP contribution < -0.4 is 10.5 Å². The average molecular weight is 284 g/mol. The summed E-state index contributed by atoms with van der Waals surface area (Å²) in [7, 11) is 0. The fourth-order valence-corrected chi connectivity index (χ4v) is 2.34. The van der Waals surface area contributed by atoms with E-state index in [0.29, 0.717) is 16.6 Å². The predicted molar refractivity (Wildman–Crippen MR) is 71.7 cm³/mol. The van der Waals surface area contributed by atoms with Crippen molar-refractivity contribution >= 4 is 16.6 Å². The molecule has 0 unspecified atom stereocenters. The van der Waals surface area contributed by atoms with E-state index < -0.39 is 6.36 Å². The number of fused-ring (bicyclic) bond motifs is 1. The van der Waals surface area contributed by atoms with E-state index in [4.69, 9.17) is 5.73 Å². The summed E-state index contributed by atoms with van der Waals surface area (Å²) in [6.07, 6.45) is -4.72. The summed E-state index contributed by atoms with van der Waals surface area (Å²) in [4.78, 5) is 4.38. The van der Waals surface area contributed by atoms with Crippen molar-refractivity contribution in [3.8, 4) is 5.75 Å². The highest BCUT2D eigenvalue weighted by molar-refractivity contribution is 5.93. The van der Waals surface area contributed by atoms with Crippen molar-refractivity contribution in [2.45, 2.75) is 33.1 Å². The first kappa shape index (κ1) is 14.4. The van der Waals surface area contributed by atoms with E-state index in [9.17, 15) is 13.2 Å². The molecule has 1 heterocycles. The minimum absolute atomic E-state index is 0.138. The largest absolute Gasteiger partial charge is 0.573 e. The van der Waals surface area contributed by atoms with Crippen LogP contribution in [0.25, 0.3) is 10.9 Å². The van der Waals surface area contributed by atoms with Crippen LogP contribution in [0.3, 0.4) is 0 Å². The molecule has 20 heavy (non-hydrogen) atoms. The summed E-state index contributed by atoms with van der Waals surface area (Å²) in [6.45, 7) is 5.76. The molecular formula is C14H15F3N2O. The number of anilines is 1. The highest BCUT2D eigenvalue weighted by atomic mass is 19.4. The predicted octanol–water partition coefficient (Wildman–Crippen LogP) is 4.15. The van der Waals surface area contributed by atoms with Crippen molar-refractivity contribution in [3.63, 3.8) is 0 Å². The molecule has 2 aromatic rings. The van der Waals surface area contributed by atoms with Crippen LogP contribution in [0.2, 0.25) is 0 Å². The van der Waals surface area contributed by atoms with E-state index in [1.54, 1.807) is 0 Å². The molecule has 0 amide bonds. The van der Waals surface area contributed by atoms with Crippen LogP contribution in [-0.4, -0.2) is 11.3 Å². The number of hydrogen-bond acceptors (Lipinski definition) is 3. The molecule has 3 nitrogen and oxygen atoms in total. The van der Waals surface area contributed by atoms with Gasteiger partial charge in [0.2, 0.25) is 0 Å². The van der Waals surface area contributed by atoms with Crippen molar-refractivity contribution in [2.75, 3.05) is 5.73 Å². The standard InChI is InChI=1S/C14H15F3N2O/c1-7(2)12-8(3)19-11-5-4-9(20-14(15,16)17)6-10(11)13(12)18/h4-7H,1-3H3,(H2,18,19). The van der Waals surface area contributed by atoms with E-state index in [2.05, 4.69) is 9.72 Å². The summed E-state index contributed by atoms with van der Waals surface area (Å²) >= 11 is 0. The number of rotatable bonds is 2. The van der Waals surface area contributed by atoms with Crippen molar-refractivity contribution in [3.05, 3.63) is 29.5 Å². The second-order valence-corrected chi connectivity index (χ2v) is 4.91. The zero-order valence-corrected chi connectivity index (χ0v) is 11.4. The van der Waals surface area contributed by atoms with Gasteiger partial charge in [-0.2, -0.15) is 0 Å². The third-order valence-electron chi connectivity index (χ3n) is 3.04. The van der Waals surface area contributed by atoms with Gasteiger partial charge in [0.1, 0.15) is 5.75 Å². The SMILES string of the molecule is Cc1nc2ccc(OC(F)(F)F)cc2c(N)c1C(C)C. The van der Waals surface area contributed by atoms with Gasteiger partial charge in [-0.1, -0.05) is 13.8 Å². The van der Waals surface area contributed by atoms with Crippen molar-refractivity contribution in [1.82, 2.24) is 4.98 Å². The average Bonchev–Trinajstić information content (AvgIpc) is 2.27. The molecule has 0 aliphatic carbocycles. The Kier molecular flexibility index (Phi) is 3.50. The van der Waals surface area contributed by atoms with Gasteiger partial charge in [0.05, 0.1) is 5.52 Å². The minimum atomic E-state index is -4.72. The molecule has 2 N–H and O–H groups in total. The molecule has 0 aliphatic rings. The summed E-state index contributed by atoms with van der Waals surface area (Å²) in [5.74, 6) is -0.156. The van der Waals surface area contributed by atoms with Crippen molar-refractivity contribution in [2.24, 2.45) is 0 Å². The Morgan fingerprint density at radius 2 is 1.90 bits per heavy atom. The quantitative estimate of drug-likeness (QED) is 0.901. The topological polar surface area (TPSA) is 48.1 Å². The number of ether oxygens (including phenoxy) is 1. The van der Waals surface area contributed by atoms with Crippen molar-refractivity contribution in [1.29, 1.82) is 0 Å². The van der Waals surface area contributed by atoms with Gasteiger partial charge in [0, 0.05) is 16.8 Å². The molecular weight excluding hydrogens is 269 g/mol. The lowest BCUT2D eigenvalue weighted by atomic mass is 9.97. The third kappa shape index (κ3) is 2.79. The third-order valence-corrected chi connectivity index (χ3v) is 3.04. The first-order valence-electron chi connectivity index (χ1n) is 6.14. The zero-order chi connectivity index (χ0) is 15.1. The molecule has 0 atom stereocenters. The molecule has 2 rings (SSSR count). The maximum atomic E-state index is 12.2. The normalized spacial score (nSPS) is 12.2. The van der Waals surface area contributed by atoms with E-state index in [-0.39, 0.29) is 11.7 Å². The van der Waals surface area contributed by atoms with E-state index in [1.165, 1.54) is 18.2 Å². The van der Waals surface area contributed by atoms with Crippen LogP contribution in [0.4, 0.5) is 18.9 Å². The molecule has 108 valence electrons. The Bertz CT molecular complexity index is 651. The first-order valence-corrected chi connectivity index (χ1v) is 6.14. The molecule has 6 heteroatoms. The Labute approximate surface area is 114 Å². The highest BCUT2D eigenvalue weighted by Gasteiger charge is 2.31. The van der Waals surface area contributed by atoms with Crippen LogP contribution in [0, 0.1) is 6.92 Å². The van der Waals surface area contributed by atoms with Crippen LogP contribution in [0.5, 0.6) is 5.75 Å². The molecule has 0 radical (unpaired) electrons. The fraction of sp³-hybridized carbons (Fsp3) is 0.357. The van der Waals surface area contributed by atoms with Gasteiger partial charge in [-0.3, -0.25) is 4.98 Å². The Morgan fingerprint density at radius 3 is 2.45 bits per heavy atom. The number of nitrogens with two attached hydrogens (primary N) is 1. The Morgan fingerprint density at radius 1 is 1.25 bits per heavy atom. The second-order valence-electron chi connectivity index (χ2n) is 4.91. The molecule has 0 fully saturated rings. The summed E-state index contributed by atoms with van der Waals surface area (Å²) in [5.41, 5.74) is 8.72. The lowest BCUT2D eigenvalue weighted by molar-refractivity contribution is -0.274. The number of nitrogen functional groups attached to an aromatic ring is 1. The number of alkyl halides is 3. The molecule has 0 spiro atoms. The Balaban J connectivity index is 2.62. The van der Waals surface area contributed by atoms with Crippen LogP contribution >= 0.6 is 0 Å². The molecule has 0 saturated heterocycles. The van der Waals surface area contributed by atoms with Gasteiger partial charge in [-0.15, -0.1) is 13.2 Å². The number of hydrogen-bond donors (Lipinski definition) is 1. The number of nitrogens with zero attached hydrogens (tertiary/aromatic N) is 1. The second kappa shape index (κ2) is 4.85. The molecule has 0 saturated carbocycles. The van der Waals surface area contributed by atoms with Gasteiger partial charge in [0.25, 0.3) is 0 Å². The summed E-state index contributed by atoms with van der Waals surface area (Å²) in [6, 6.07) is 3.98. The number of pyridine rings is 1. The van der Waals surface area contributed by atoms with Gasteiger partial charge >= 0.3 is 6.36 Å². The van der Waals surface area contributed by atoms with Gasteiger partial charge in [-0.05, 0) is 36.6 Å². The van der Waals surface area contributed by atoms with E-state index in [0.717, 1.165) is 11.3 Å². The summed E-state index contributed by atoms with van der Waals surface area (Å²) < 4.78 is 40.6. The fourth-order valence-electron chi connectivity index (χ4n) is 2.34. The maximum absolute atomic E-state index is 12.2.